The van der Waals surface area contributed by atoms with Crippen molar-refractivity contribution in [3.05, 3.63) is 11.8 Å². The Morgan fingerprint density at radius 1 is 1.62 bits per heavy atom. The molecule has 2 saturated heterocycles. The van der Waals surface area contributed by atoms with Crippen LogP contribution in [0.3, 0.4) is 0 Å². The number of piperidine rings is 1. The second kappa shape index (κ2) is 5.65. The zero-order valence-electron chi connectivity index (χ0n) is 12.4. The van der Waals surface area contributed by atoms with E-state index in [0.717, 1.165) is 38.0 Å². The lowest BCUT2D eigenvalue weighted by Gasteiger charge is -2.32. The second-order valence-corrected chi connectivity index (χ2v) is 6.08. The van der Waals surface area contributed by atoms with Crippen molar-refractivity contribution < 1.29 is 9.53 Å². The topological polar surface area (TPSA) is 94.2 Å². The lowest BCUT2D eigenvalue weighted by Crippen LogP contribution is -2.43. The number of nitrogen functional groups attached to an aromatic ring is 1. The number of nitrogens with two attached hydrogens (primary N) is 1. The molecular weight excluding hydrogens is 270 g/mol. The highest BCUT2D eigenvalue weighted by molar-refractivity contribution is 5.76. The Morgan fingerprint density at radius 2 is 2.38 bits per heavy atom. The van der Waals surface area contributed by atoms with Crippen molar-refractivity contribution in [2.45, 2.75) is 44.4 Å². The largest absolute Gasteiger partial charge is 0.384 e. The normalized spacial score (nSPS) is 24.3. The summed E-state index contributed by atoms with van der Waals surface area (Å²) >= 11 is 0. The van der Waals surface area contributed by atoms with Crippen LogP contribution in [0, 0.1) is 6.92 Å². The van der Waals surface area contributed by atoms with E-state index >= 15 is 0 Å². The van der Waals surface area contributed by atoms with E-state index in [9.17, 15) is 4.79 Å². The van der Waals surface area contributed by atoms with Gasteiger partial charge in [0, 0.05) is 6.07 Å². The van der Waals surface area contributed by atoms with Crippen LogP contribution in [0.15, 0.2) is 6.07 Å². The fourth-order valence-electron chi connectivity index (χ4n) is 3.27. The van der Waals surface area contributed by atoms with Crippen LogP contribution in [0.2, 0.25) is 0 Å². The number of anilines is 1. The summed E-state index contributed by atoms with van der Waals surface area (Å²) in [7, 11) is 0. The molecule has 2 fully saturated rings. The predicted molar refractivity (Wildman–Crippen MR) is 78.7 cm³/mol. The summed E-state index contributed by atoms with van der Waals surface area (Å²) in [4.78, 5) is 12.1. The van der Waals surface area contributed by atoms with E-state index in [2.05, 4.69) is 15.7 Å². The molecule has 21 heavy (non-hydrogen) atoms. The van der Waals surface area contributed by atoms with Crippen molar-refractivity contribution in [2.75, 3.05) is 25.4 Å². The van der Waals surface area contributed by atoms with Gasteiger partial charge in [0.1, 0.15) is 12.4 Å². The van der Waals surface area contributed by atoms with Crippen LogP contribution >= 0.6 is 0 Å². The Bertz CT molecular complexity index is 521. The first kappa shape index (κ1) is 14.3. The number of hydrogen-bond acceptors (Lipinski definition) is 5. The number of amides is 1. The molecule has 0 radical (unpaired) electrons. The fourth-order valence-corrected chi connectivity index (χ4v) is 3.27. The lowest BCUT2D eigenvalue weighted by atomic mass is 9.88. The number of rotatable bonds is 3. The van der Waals surface area contributed by atoms with Gasteiger partial charge in [-0.05, 0) is 39.3 Å². The van der Waals surface area contributed by atoms with Crippen LogP contribution in [0.25, 0.3) is 0 Å². The molecule has 1 unspecified atom stereocenters. The van der Waals surface area contributed by atoms with Crippen LogP contribution in [-0.4, -0.2) is 47.0 Å². The second-order valence-electron chi connectivity index (χ2n) is 6.08. The molecule has 2 aliphatic rings. The first-order valence-corrected chi connectivity index (χ1v) is 7.50. The number of nitrogens with zero attached hydrogens (tertiary/aromatic N) is 2. The highest BCUT2D eigenvalue weighted by Crippen LogP contribution is 2.33. The van der Waals surface area contributed by atoms with Gasteiger partial charge in [-0.1, -0.05) is 0 Å². The van der Waals surface area contributed by atoms with E-state index < -0.39 is 0 Å². The maximum atomic E-state index is 12.1. The zero-order valence-corrected chi connectivity index (χ0v) is 12.4. The molecule has 1 aromatic heterocycles. The summed E-state index contributed by atoms with van der Waals surface area (Å²) in [6.45, 7) is 4.59. The Labute approximate surface area is 124 Å². The van der Waals surface area contributed by atoms with Gasteiger partial charge in [0.05, 0.1) is 23.9 Å². The SMILES string of the molecule is Cc1cc(N)n(CC(=O)NC2COC3(CCNCC3)C2)n1. The average Bonchev–Trinajstić information content (AvgIpc) is 2.95. The molecule has 116 valence electrons. The Hall–Kier alpha value is -1.60. The van der Waals surface area contributed by atoms with Gasteiger partial charge in [0.2, 0.25) is 5.91 Å². The third-order valence-electron chi connectivity index (χ3n) is 4.32. The molecule has 1 aromatic rings. The smallest absolute Gasteiger partial charge is 0.242 e. The number of carbonyl (C=O) groups is 1. The maximum Gasteiger partial charge on any atom is 0.242 e. The van der Waals surface area contributed by atoms with Gasteiger partial charge in [-0.25, -0.2) is 4.68 Å². The average molecular weight is 293 g/mol. The van der Waals surface area contributed by atoms with Crippen molar-refractivity contribution in [3.63, 3.8) is 0 Å². The van der Waals surface area contributed by atoms with Gasteiger partial charge in [0.15, 0.2) is 0 Å². The van der Waals surface area contributed by atoms with E-state index in [4.69, 9.17) is 10.5 Å². The molecule has 1 spiro atoms. The van der Waals surface area contributed by atoms with Crippen LogP contribution in [-0.2, 0) is 16.1 Å². The van der Waals surface area contributed by atoms with Gasteiger partial charge in [-0.15, -0.1) is 0 Å². The molecule has 3 rings (SSSR count). The third kappa shape index (κ3) is 3.19. The van der Waals surface area contributed by atoms with Crippen LogP contribution in [0.5, 0.6) is 0 Å². The van der Waals surface area contributed by atoms with E-state index in [-0.39, 0.29) is 24.1 Å². The molecule has 3 heterocycles. The van der Waals surface area contributed by atoms with Gasteiger partial charge >= 0.3 is 0 Å². The summed E-state index contributed by atoms with van der Waals surface area (Å²) < 4.78 is 7.50. The molecular formula is C14H23N5O2. The lowest BCUT2D eigenvalue weighted by molar-refractivity contribution is -0.122. The zero-order chi connectivity index (χ0) is 14.9. The first-order valence-electron chi connectivity index (χ1n) is 7.50. The highest BCUT2D eigenvalue weighted by Gasteiger charge is 2.41. The van der Waals surface area contributed by atoms with Crippen LogP contribution < -0.4 is 16.4 Å². The van der Waals surface area contributed by atoms with Gasteiger partial charge in [-0.3, -0.25) is 4.79 Å². The summed E-state index contributed by atoms with van der Waals surface area (Å²) in [5.74, 6) is 0.449. The van der Waals surface area contributed by atoms with Crippen LogP contribution in [0.1, 0.15) is 25.0 Å². The van der Waals surface area contributed by atoms with Crippen LogP contribution in [0.4, 0.5) is 5.82 Å². The minimum atomic E-state index is -0.0654. The molecule has 4 N–H and O–H groups in total. The summed E-state index contributed by atoms with van der Waals surface area (Å²) in [5.41, 5.74) is 6.58. The summed E-state index contributed by atoms with van der Waals surface area (Å²) in [6.07, 6.45) is 2.93. The summed E-state index contributed by atoms with van der Waals surface area (Å²) in [5, 5.41) is 10.6. The van der Waals surface area contributed by atoms with E-state index in [1.165, 1.54) is 4.68 Å². The number of ether oxygens (including phenoxy) is 1. The molecule has 0 bridgehead atoms. The minimum Gasteiger partial charge on any atom is -0.384 e. The van der Waals surface area contributed by atoms with Crippen molar-refractivity contribution >= 4 is 11.7 Å². The number of aryl methyl sites for hydroxylation is 1. The van der Waals surface area contributed by atoms with Gasteiger partial charge < -0.3 is 21.1 Å². The van der Waals surface area contributed by atoms with Gasteiger partial charge in [-0.2, -0.15) is 5.10 Å². The maximum absolute atomic E-state index is 12.1. The monoisotopic (exact) mass is 293 g/mol. The molecule has 7 nitrogen and oxygen atoms in total. The fraction of sp³-hybridized carbons (Fsp3) is 0.714. The summed E-state index contributed by atoms with van der Waals surface area (Å²) in [6, 6.07) is 1.85. The standard InChI is InChI=1S/C14H23N5O2/c1-10-6-12(15)19(18-10)8-13(20)17-11-7-14(21-9-11)2-4-16-5-3-14/h6,11,16H,2-5,7-9,15H2,1H3,(H,17,20). The molecule has 0 aliphatic carbocycles. The van der Waals surface area contributed by atoms with Crippen molar-refractivity contribution in [1.82, 2.24) is 20.4 Å². The number of nitrogens with one attached hydrogen (secondary N) is 2. The molecule has 0 saturated carbocycles. The molecule has 1 atom stereocenters. The highest BCUT2D eigenvalue weighted by atomic mass is 16.5. The molecule has 7 heteroatoms. The Balaban J connectivity index is 1.53. The van der Waals surface area contributed by atoms with E-state index in [1.54, 1.807) is 6.07 Å². The molecule has 0 aromatic carbocycles. The number of hydrogen-bond donors (Lipinski definition) is 3. The number of carbonyl (C=O) groups excluding carboxylic acids is 1. The Morgan fingerprint density at radius 3 is 3.05 bits per heavy atom. The Kier molecular flexibility index (Phi) is 3.86. The first-order chi connectivity index (χ1) is 10.1. The third-order valence-corrected chi connectivity index (χ3v) is 4.32. The molecule has 2 aliphatic heterocycles. The van der Waals surface area contributed by atoms with Crippen molar-refractivity contribution in [1.29, 1.82) is 0 Å². The van der Waals surface area contributed by atoms with Crippen molar-refractivity contribution in [3.8, 4) is 0 Å². The predicted octanol–water partition coefficient (Wildman–Crippen LogP) is -0.199. The van der Waals surface area contributed by atoms with E-state index in [0.29, 0.717) is 12.4 Å². The van der Waals surface area contributed by atoms with Gasteiger partial charge in [0.25, 0.3) is 0 Å². The number of aromatic nitrogens is 2. The quantitative estimate of drug-likeness (QED) is 0.717. The van der Waals surface area contributed by atoms with E-state index in [1.807, 2.05) is 6.92 Å². The van der Waals surface area contributed by atoms with Crippen molar-refractivity contribution in [2.24, 2.45) is 0 Å². The minimum absolute atomic E-state index is 0.0372. The molecule has 1 amide bonds.